The minimum atomic E-state index is -0.0227. The average molecular weight is 485 g/mol. The number of phenols is 1. The van der Waals surface area contributed by atoms with Gasteiger partial charge in [0, 0.05) is 43.7 Å². The number of imidazole rings is 1. The minimum absolute atomic E-state index is 0.0227. The quantitative estimate of drug-likeness (QED) is 0.349. The van der Waals surface area contributed by atoms with Crippen molar-refractivity contribution in [1.82, 2.24) is 24.4 Å². The van der Waals surface area contributed by atoms with Crippen LogP contribution < -0.4 is 5.32 Å². The van der Waals surface area contributed by atoms with Crippen LogP contribution in [-0.2, 0) is 17.8 Å². The monoisotopic (exact) mass is 484 g/mol. The molecule has 5 rings (SSSR count). The van der Waals surface area contributed by atoms with Crippen LogP contribution in [0, 0.1) is 0 Å². The Labute approximate surface area is 208 Å². The molecule has 184 valence electrons. The third-order valence-electron chi connectivity index (χ3n) is 6.42. The second-order valence-electron chi connectivity index (χ2n) is 8.97. The Morgan fingerprint density at radius 3 is 2.69 bits per heavy atom. The zero-order chi connectivity index (χ0) is 25.1. The molecule has 2 N–H and O–H groups in total. The number of nitrogens with zero attached hydrogens (tertiary/aromatic N) is 5. The molecule has 0 spiro atoms. The van der Waals surface area contributed by atoms with Crippen molar-refractivity contribution in [2.45, 2.75) is 32.7 Å². The third-order valence-corrected chi connectivity index (χ3v) is 6.42. The zero-order valence-corrected chi connectivity index (χ0v) is 20.1. The van der Waals surface area contributed by atoms with Crippen LogP contribution in [0.3, 0.4) is 0 Å². The van der Waals surface area contributed by atoms with Crippen LogP contribution in [0.5, 0.6) is 5.75 Å². The van der Waals surface area contributed by atoms with Crippen LogP contribution >= 0.6 is 0 Å². The number of Topliss-reactive ketones (excluding diaryl/α,β-unsaturated/α-hetero) is 1. The molecular formula is C27H28N6O3. The summed E-state index contributed by atoms with van der Waals surface area (Å²) in [5.41, 5.74) is 3.75. The van der Waals surface area contributed by atoms with E-state index in [2.05, 4.69) is 10.3 Å². The molecule has 2 aromatic carbocycles. The van der Waals surface area contributed by atoms with Crippen molar-refractivity contribution in [3.8, 4) is 17.1 Å². The summed E-state index contributed by atoms with van der Waals surface area (Å²) in [6, 6.07) is 14.4. The highest BCUT2D eigenvalue weighted by Gasteiger charge is 2.21. The molecule has 2 aromatic heterocycles. The molecule has 0 aliphatic carbocycles. The number of anilines is 1. The topological polar surface area (TPSA) is 113 Å². The second kappa shape index (κ2) is 10.2. The molecule has 4 aromatic rings. The Morgan fingerprint density at radius 2 is 1.94 bits per heavy atom. The molecule has 1 aliphatic rings. The Balaban J connectivity index is 1.46. The number of amides is 1. The number of carbonyl (C=O) groups is 2. The Hall–Kier alpha value is -4.27. The molecule has 1 saturated heterocycles. The van der Waals surface area contributed by atoms with Crippen molar-refractivity contribution in [1.29, 1.82) is 0 Å². The van der Waals surface area contributed by atoms with Gasteiger partial charge >= 0.3 is 0 Å². The standard InChI is InChI=1S/C27H28N6O3/c1-18(34)20-4-2-5-21(16-20)25-30-26(28-12-11-19-7-9-22(35)10-8-19)24-27(31-25)33(17-29-24)15-14-32-13-3-6-23(32)36/h2,4-5,7-10,16-17,35H,3,6,11-15H2,1H3,(H,28,30,31). The van der Waals surface area contributed by atoms with Crippen molar-refractivity contribution >= 4 is 28.7 Å². The van der Waals surface area contributed by atoms with Gasteiger partial charge in [0.15, 0.2) is 23.1 Å². The van der Waals surface area contributed by atoms with Gasteiger partial charge in [0.1, 0.15) is 11.3 Å². The first kappa shape index (κ1) is 23.5. The van der Waals surface area contributed by atoms with Gasteiger partial charge in [-0.15, -0.1) is 0 Å². The maximum Gasteiger partial charge on any atom is 0.222 e. The van der Waals surface area contributed by atoms with Gasteiger partial charge in [-0.25, -0.2) is 15.0 Å². The van der Waals surface area contributed by atoms with E-state index in [1.54, 1.807) is 30.6 Å². The van der Waals surface area contributed by atoms with E-state index >= 15 is 0 Å². The van der Waals surface area contributed by atoms with Crippen LogP contribution in [0.4, 0.5) is 5.82 Å². The van der Waals surface area contributed by atoms with Gasteiger partial charge < -0.3 is 19.9 Å². The number of rotatable bonds is 9. The number of nitrogens with one attached hydrogen (secondary N) is 1. The zero-order valence-electron chi connectivity index (χ0n) is 20.1. The lowest BCUT2D eigenvalue weighted by molar-refractivity contribution is -0.127. The van der Waals surface area contributed by atoms with Crippen LogP contribution in [0.25, 0.3) is 22.6 Å². The SMILES string of the molecule is CC(=O)c1cccc(-c2nc(NCCc3ccc(O)cc3)c3ncn(CCN4CCCC4=O)c3n2)c1. The summed E-state index contributed by atoms with van der Waals surface area (Å²) >= 11 is 0. The molecular weight excluding hydrogens is 456 g/mol. The van der Waals surface area contributed by atoms with Gasteiger partial charge in [0.2, 0.25) is 5.91 Å². The number of fused-ring (bicyclic) bond motifs is 1. The van der Waals surface area contributed by atoms with Crippen LogP contribution in [0.15, 0.2) is 54.9 Å². The molecule has 0 bridgehead atoms. The lowest BCUT2D eigenvalue weighted by atomic mass is 10.1. The summed E-state index contributed by atoms with van der Waals surface area (Å²) in [7, 11) is 0. The van der Waals surface area contributed by atoms with Gasteiger partial charge in [-0.2, -0.15) is 0 Å². The van der Waals surface area contributed by atoms with Gasteiger partial charge in [0.25, 0.3) is 0 Å². The maximum atomic E-state index is 12.1. The molecule has 1 fully saturated rings. The highest BCUT2D eigenvalue weighted by atomic mass is 16.3. The number of hydrogen-bond donors (Lipinski definition) is 2. The Bertz CT molecular complexity index is 1410. The second-order valence-corrected chi connectivity index (χ2v) is 8.97. The van der Waals surface area contributed by atoms with E-state index in [4.69, 9.17) is 9.97 Å². The summed E-state index contributed by atoms with van der Waals surface area (Å²) in [5, 5.41) is 12.9. The van der Waals surface area contributed by atoms with E-state index in [9.17, 15) is 14.7 Å². The molecule has 0 saturated carbocycles. The largest absolute Gasteiger partial charge is 0.508 e. The van der Waals surface area contributed by atoms with E-state index in [1.165, 1.54) is 6.92 Å². The molecule has 1 aliphatic heterocycles. The van der Waals surface area contributed by atoms with Crippen molar-refractivity contribution in [2.24, 2.45) is 0 Å². The van der Waals surface area contributed by atoms with E-state index in [-0.39, 0.29) is 17.4 Å². The fraction of sp³-hybridized carbons (Fsp3) is 0.296. The molecule has 9 nitrogen and oxygen atoms in total. The molecule has 36 heavy (non-hydrogen) atoms. The van der Waals surface area contributed by atoms with Crippen LogP contribution in [0.2, 0.25) is 0 Å². The Kier molecular flexibility index (Phi) is 6.62. The predicted octanol–water partition coefficient (Wildman–Crippen LogP) is 3.68. The third kappa shape index (κ3) is 5.05. The maximum absolute atomic E-state index is 12.1. The molecule has 1 amide bonds. The fourth-order valence-electron chi connectivity index (χ4n) is 4.39. The predicted molar refractivity (Wildman–Crippen MR) is 137 cm³/mol. The normalized spacial score (nSPS) is 13.5. The van der Waals surface area contributed by atoms with Crippen molar-refractivity contribution in [3.63, 3.8) is 0 Å². The number of benzene rings is 2. The first-order valence-corrected chi connectivity index (χ1v) is 12.1. The summed E-state index contributed by atoms with van der Waals surface area (Å²) in [6.45, 7) is 4.12. The molecule has 9 heteroatoms. The lowest BCUT2D eigenvalue weighted by Gasteiger charge is -2.16. The first-order chi connectivity index (χ1) is 17.5. The van der Waals surface area contributed by atoms with Gasteiger partial charge in [-0.3, -0.25) is 9.59 Å². The van der Waals surface area contributed by atoms with E-state index in [0.717, 1.165) is 30.5 Å². The summed E-state index contributed by atoms with van der Waals surface area (Å²) in [4.78, 5) is 40.0. The number of phenolic OH excluding ortho intramolecular Hbond substituents is 1. The Morgan fingerprint density at radius 1 is 1.11 bits per heavy atom. The molecule has 0 unspecified atom stereocenters. The number of hydrogen-bond acceptors (Lipinski definition) is 7. The van der Waals surface area contributed by atoms with E-state index in [1.807, 2.05) is 33.7 Å². The van der Waals surface area contributed by atoms with Crippen LogP contribution in [0.1, 0.15) is 35.7 Å². The highest BCUT2D eigenvalue weighted by Crippen LogP contribution is 2.25. The lowest BCUT2D eigenvalue weighted by Crippen LogP contribution is -2.28. The average Bonchev–Trinajstić information content (AvgIpc) is 3.49. The molecule has 0 radical (unpaired) electrons. The van der Waals surface area contributed by atoms with Crippen molar-refractivity contribution in [2.75, 3.05) is 25.0 Å². The highest BCUT2D eigenvalue weighted by molar-refractivity contribution is 5.95. The number of ketones is 1. The minimum Gasteiger partial charge on any atom is -0.508 e. The first-order valence-electron chi connectivity index (χ1n) is 12.1. The van der Waals surface area contributed by atoms with Crippen molar-refractivity contribution in [3.05, 3.63) is 66.0 Å². The number of aromatic nitrogens is 4. The molecule has 3 heterocycles. The number of carbonyl (C=O) groups excluding carboxylic acids is 2. The van der Waals surface area contributed by atoms with E-state index < -0.39 is 0 Å². The number of aromatic hydroxyl groups is 1. The van der Waals surface area contributed by atoms with Gasteiger partial charge in [-0.05, 0) is 43.5 Å². The van der Waals surface area contributed by atoms with Gasteiger partial charge in [0.05, 0.1) is 6.33 Å². The van der Waals surface area contributed by atoms with Crippen LogP contribution in [-0.4, -0.2) is 60.9 Å². The summed E-state index contributed by atoms with van der Waals surface area (Å²) in [5.74, 6) is 1.51. The summed E-state index contributed by atoms with van der Waals surface area (Å²) < 4.78 is 1.95. The van der Waals surface area contributed by atoms with Crippen molar-refractivity contribution < 1.29 is 14.7 Å². The number of likely N-dealkylation sites (tertiary alicyclic amines) is 1. The summed E-state index contributed by atoms with van der Waals surface area (Å²) in [6.07, 6.45) is 3.98. The fourth-order valence-corrected chi connectivity index (χ4v) is 4.39. The smallest absolute Gasteiger partial charge is 0.222 e. The molecule has 0 atom stereocenters. The van der Waals surface area contributed by atoms with E-state index in [0.29, 0.717) is 54.4 Å². The van der Waals surface area contributed by atoms with Gasteiger partial charge in [-0.1, -0.05) is 30.3 Å².